The topological polar surface area (TPSA) is 69.6 Å². The summed E-state index contributed by atoms with van der Waals surface area (Å²) in [4.78, 5) is 10.9. The molecule has 13 heavy (non-hydrogen) atoms. The molecule has 0 spiro atoms. The molecule has 0 saturated heterocycles. The Morgan fingerprint density at radius 3 is 2.38 bits per heavy atom. The molecule has 78 valence electrons. The molecule has 0 aromatic heterocycles. The van der Waals surface area contributed by atoms with E-state index in [0.29, 0.717) is 5.06 Å². The number of amides is 1. The molecule has 0 saturated carbocycles. The molecule has 0 heterocycles. The maximum absolute atomic E-state index is 11.4. The van der Waals surface area contributed by atoms with Crippen molar-refractivity contribution in [1.29, 1.82) is 0 Å². The molecule has 0 aliphatic rings. The van der Waals surface area contributed by atoms with Crippen LogP contribution in [0.2, 0.25) is 0 Å². The van der Waals surface area contributed by atoms with Crippen molar-refractivity contribution in [1.82, 2.24) is 10.4 Å². The molecule has 0 aliphatic heterocycles. The zero-order valence-electron chi connectivity index (χ0n) is 8.44. The first kappa shape index (κ1) is 12.6. The van der Waals surface area contributed by atoms with E-state index in [1.54, 1.807) is 20.3 Å². The van der Waals surface area contributed by atoms with Gasteiger partial charge in [0, 0.05) is 7.05 Å². The molecule has 0 rings (SSSR count). The van der Waals surface area contributed by atoms with Crippen LogP contribution in [0.1, 0.15) is 6.92 Å². The lowest BCUT2D eigenvalue weighted by Crippen LogP contribution is -2.37. The van der Waals surface area contributed by atoms with Gasteiger partial charge in [-0.05, 0) is 20.3 Å². The zero-order valence-corrected chi connectivity index (χ0v) is 9.34. The van der Waals surface area contributed by atoms with E-state index in [1.165, 1.54) is 7.05 Å². The number of carbonyl (C=O) groups is 1. The maximum atomic E-state index is 11.4. The summed E-state index contributed by atoms with van der Waals surface area (Å²) in [5.41, 5.74) is 0. The summed E-state index contributed by atoms with van der Waals surface area (Å²) in [6.07, 6.45) is 0. The summed E-state index contributed by atoms with van der Waals surface area (Å²) < 4.78 is 11.4. The first-order valence-electron chi connectivity index (χ1n) is 3.98. The summed E-state index contributed by atoms with van der Waals surface area (Å²) in [7, 11) is -0.951. The normalized spacial score (nSPS) is 13.9. The lowest BCUT2D eigenvalue weighted by molar-refractivity contribution is -0.158. The highest BCUT2D eigenvalue weighted by Crippen LogP contribution is 2.40. The number of likely N-dealkylation sites (N-methyl/N-ethyl adjacent to an activating group) is 1. The molecule has 0 aromatic rings. The van der Waals surface area contributed by atoms with Crippen LogP contribution < -0.4 is 5.32 Å². The Bertz CT molecular complexity index is 224. The summed E-state index contributed by atoms with van der Waals surface area (Å²) in [6, 6.07) is 0. The third-order valence-electron chi connectivity index (χ3n) is 1.84. The van der Waals surface area contributed by atoms with Crippen molar-refractivity contribution < 1.29 is 14.6 Å². The average Bonchev–Trinajstić information content (AvgIpc) is 1.97. The molecule has 1 amide bonds. The van der Waals surface area contributed by atoms with Crippen molar-refractivity contribution in [2.45, 2.75) is 12.7 Å². The van der Waals surface area contributed by atoms with E-state index in [9.17, 15) is 9.36 Å². The van der Waals surface area contributed by atoms with Crippen LogP contribution in [0.4, 0.5) is 0 Å². The molecule has 1 unspecified atom stereocenters. The molecule has 6 heteroatoms. The largest absolute Gasteiger partial charge is 0.323 e. The SMILES string of the molecule is CC(NCC(=O)N(C)O)P(C)(C)=O. The predicted octanol–water partition coefficient (Wildman–Crippen LogP) is 0.392. The van der Waals surface area contributed by atoms with Crippen molar-refractivity contribution in [3.63, 3.8) is 0 Å². The second-order valence-corrected chi connectivity index (χ2v) is 7.05. The third-order valence-corrected chi connectivity index (χ3v) is 3.89. The van der Waals surface area contributed by atoms with Gasteiger partial charge in [-0.15, -0.1) is 0 Å². The van der Waals surface area contributed by atoms with Gasteiger partial charge in [0.15, 0.2) is 0 Å². The van der Waals surface area contributed by atoms with E-state index in [1.807, 2.05) is 0 Å². The Kier molecular flexibility index (Phi) is 4.61. The zero-order chi connectivity index (χ0) is 10.6. The number of hydrogen-bond donors (Lipinski definition) is 2. The van der Waals surface area contributed by atoms with Gasteiger partial charge in [0.1, 0.15) is 0 Å². The fourth-order valence-electron chi connectivity index (χ4n) is 0.569. The summed E-state index contributed by atoms with van der Waals surface area (Å²) >= 11 is 0. The van der Waals surface area contributed by atoms with E-state index < -0.39 is 13.0 Å². The van der Waals surface area contributed by atoms with Crippen LogP contribution >= 0.6 is 7.14 Å². The van der Waals surface area contributed by atoms with Crippen LogP contribution in [0.25, 0.3) is 0 Å². The van der Waals surface area contributed by atoms with Gasteiger partial charge >= 0.3 is 0 Å². The molecule has 0 radical (unpaired) electrons. The fraction of sp³-hybridized carbons (Fsp3) is 0.857. The molecule has 0 aliphatic carbocycles. The second kappa shape index (κ2) is 4.74. The molecule has 0 bridgehead atoms. The van der Waals surface area contributed by atoms with Crippen LogP contribution in [-0.2, 0) is 9.36 Å². The van der Waals surface area contributed by atoms with Gasteiger partial charge in [0.05, 0.1) is 19.5 Å². The van der Waals surface area contributed by atoms with Crippen LogP contribution in [0.5, 0.6) is 0 Å². The second-order valence-electron chi connectivity index (χ2n) is 3.41. The monoisotopic (exact) mass is 208 g/mol. The molecule has 2 N–H and O–H groups in total. The van der Waals surface area contributed by atoms with Crippen molar-refractivity contribution >= 4 is 13.0 Å². The molecule has 1 atom stereocenters. The van der Waals surface area contributed by atoms with Crippen LogP contribution in [0.3, 0.4) is 0 Å². The summed E-state index contributed by atoms with van der Waals surface area (Å²) in [5.74, 6) is -0.656. The van der Waals surface area contributed by atoms with Crippen molar-refractivity contribution in [3.05, 3.63) is 0 Å². The van der Waals surface area contributed by atoms with Crippen LogP contribution in [0.15, 0.2) is 0 Å². The Labute approximate surface area is 78.4 Å². The van der Waals surface area contributed by atoms with Crippen LogP contribution in [-0.4, -0.2) is 48.9 Å². The molecule has 0 aromatic carbocycles. The standard InChI is InChI=1S/C7H17N2O3P/c1-6(13(3,4)12)8-5-7(10)9(2)11/h6,8,11H,5H2,1-4H3. The van der Waals surface area contributed by atoms with Gasteiger partial charge in [-0.25, -0.2) is 5.06 Å². The first-order chi connectivity index (χ1) is 5.75. The maximum Gasteiger partial charge on any atom is 0.259 e. The molecular weight excluding hydrogens is 191 g/mol. The third kappa shape index (κ3) is 5.03. The number of carbonyl (C=O) groups excluding carboxylic acids is 1. The highest BCUT2D eigenvalue weighted by atomic mass is 31.2. The highest BCUT2D eigenvalue weighted by Gasteiger charge is 2.18. The van der Waals surface area contributed by atoms with E-state index in [-0.39, 0.29) is 12.3 Å². The minimum Gasteiger partial charge on any atom is -0.323 e. The lowest BCUT2D eigenvalue weighted by atomic mass is 10.5. The van der Waals surface area contributed by atoms with Crippen molar-refractivity contribution in [3.8, 4) is 0 Å². The number of nitrogens with zero attached hydrogens (tertiary/aromatic N) is 1. The fourth-order valence-corrected chi connectivity index (χ4v) is 1.10. The lowest BCUT2D eigenvalue weighted by Gasteiger charge is -2.18. The predicted molar refractivity (Wildman–Crippen MR) is 51.5 cm³/mol. The smallest absolute Gasteiger partial charge is 0.259 e. The number of rotatable bonds is 4. The van der Waals surface area contributed by atoms with Gasteiger partial charge in [0.25, 0.3) is 5.91 Å². The van der Waals surface area contributed by atoms with E-state index in [4.69, 9.17) is 5.21 Å². The number of nitrogens with one attached hydrogen (secondary N) is 1. The van der Waals surface area contributed by atoms with Gasteiger partial charge in [-0.1, -0.05) is 0 Å². The van der Waals surface area contributed by atoms with E-state index in [0.717, 1.165) is 0 Å². The quantitative estimate of drug-likeness (QED) is 0.398. The van der Waals surface area contributed by atoms with Crippen molar-refractivity contribution in [2.75, 3.05) is 26.9 Å². The van der Waals surface area contributed by atoms with Crippen molar-refractivity contribution in [2.24, 2.45) is 0 Å². The number of hydrogen-bond acceptors (Lipinski definition) is 4. The van der Waals surface area contributed by atoms with Gasteiger partial charge < -0.3 is 4.57 Å². The van der Waals surface area contributed by atoms with E-state index >= 15 is 0 Å². The Morgan fingerprint density at radius 1 is 1.62 bits per heavy atom. The molecule has 5 nitrogen and oxygen atoms in total. The highest BCUT2D eigenvalue weighted by molar-refractivity contribution is 7.63. The van der Waals surface area contributed by atoms with Gasteiger partial charge in [-0.2, -0.15) is 0 Å². The van der Waals surface area contributed by atoms with Crippen LogP contribution in [0, 0.1) is 0 Å². The summed E-state index contributed by atoms with van der Waals surface area (Å²) in [5, 5.41) is 12.0. The average molecular weight is 208 g/mol. The number of hydroxylamine groups is 2. The van der Waals surface area contributed by atoms with Gasteiger partial charge in [0.2, 0.25) is 0 Å². The molecular formula is C7H17N2O3P. The summed E-state index contributed by atoms with van der Waals surface area (Å²) in [6.45, 7) is 5.06. The Balaban J connectivity index is 3.91. The minimum absolute atomic E-state index is 0.000162. The van der Waals surface area contributed by atoms with E-state index in [2.05, 4.69) is 5.32 Å². The van der Waals surface area contributed by atoms with Gasteiger partial charge in [-0.3, -0.25) is 15.3 Å². The molecule has 0 fully saturated rings. The Hall–Kier alpha value is -0.380. The first-order valence-corrected chi connectivity index (χ1v) is 6.65. The minimum atomic E-state index is -2.21. The Morgan fingerprint density at radius 2 is 2.08 bits per heavy atom.